The molecule has 0 spiro atoms. The van der Waals surface area contributed by atoms with E-state index in [1.807, 2.05) is 41.8 Å². The van der Waals surface area contributed by atoms with Gasteiger partial charge >= 0.3 is 5.97 Å². The highest BCUT2D eigenvalue weighted by molar-refractivity contribution is 8.04. The predicted molar refractivity (Wildman–Crippen MR) is 89.9 cm³/mol. The molecule has 0 atom stereocenters. The molecule has 0 unspecified atom stereocenters. The fraction of sp³-hybridized carbons (Fsp3) is 0. The molecule has 0 aliphatic carbocycles. The highest BCUT2D eigenvalue weighted by atomic mass is 32.2. The van der Waals surface area contributed by atoms with Crippen molar-refractivity contribution >= 4 is 52.8 Å². The first-order valence-electron chi connectivity index (χ1n) is 6.41. The lowest BCUT2D eigenvalue weighted by Crippen LogP contribution is -2.16. The number of nitrogens with one attached hydrogen (secondary N) is 1. The molecule has 2 heterocycles. The second-order valence-electron chi connectivity index (χ2n) is 4.51. The van der Waals surface area contributed by atoms with Gasteiger partial charge in [-0.1, -0.05) is 23.9 Å². The van der Waals surface area contributed by atoms with E-state index in [4.69, 9.17) is 5.11 Å². The Balaban J connectivity index is 1.84. The highest BCUT2D eigenvalue weighted by Gasteiger charge is 2.20. The summed E-state index contributed by atoms with van der Waals surface area (Å²) in [6.07, 6.45) is 4.44. The van der Waals surface area contributed by atoms with Crippen LogP contribution in [0.4, 0.5) is 5.69 Å². The van der Waals surface area contributed by atoms with Crippen molar-refractivity contribution in [3.63, 3.8) is 0 Å². The lowest BCUT2D eigenvalue weighted by Gasteiger charge is -2.17. The first-order chi connectivity index (χ1) is 10.6. The second-order valence-corrected chi connectivity index (χ2v) is 6.54. The van der Waals surface area contributed by atoms with Crippen LogP contribution in [0.1, 0.15) is 10.4 Å². The number of amides is 1. The lowest BCUT2D eigenvalue weighted by molar-refractivity contribution is -0.131. The summed E-state index contributed by atoms with van der Waals surface area (Å²) >= 11 is 2.90. The van der Waals surface area contributed by atoms with Crippen molar-refractivity contribution in [2.24, 2.45) is 0 Å². The molecule has 0 saturated heterocycles. The van der Waals surface area contributed by atoms with Gasteiger partial charge in [-0.15, -0.1) is 11.3 Å². The van der Waals surface area contributed by atoms with Gasteiger partial charge in [0.2, 0.25) is 0 Å². The van der Waals surface area contributed by atoms with E-state index in [0.717, 1.165) is 27.1 Å². The van der Waals surface area contributed by atoms with Crippen LogP contribution < -0.4 is 5.32 Å². The second kappa shape index (κ2) is 6.21. The number of benzene rings is 1. The number of fused-ring (bicyclic) bond motifs is 1. The number of rotatable bonds is 3. The molecule has 2 N–H and O–H groups in total. The number of carbonyl (C=O) groups is 2. The first-order valence-corrected chi connectivity index (χ1v) is 8.11. The number of anilines is 1. The van der Waals surface area contributed by atoms with Crippen molar-refractivity contribution in [3.05, 3.63) is 57.1 Å². The molecule has 4 nitrogen and oxygen atoms in total. The first kappa shape index (κ1) is 14.6. The largest absolute Gasteiger partial charge is 0.478 e. The third-order valence-corrected chi connectivity index (χ3v) is 4.91. The van der Waals surface area contributed by atoms with E-state index in [-0.39, 0.29) is 5.91 Å². The van der Waals surface area contributed by atoms with Crippen LogP contribution in [-0.4, -0.2) is 17.0 Å². The van der Waals surface area contributed by atoms with Crippen LogP contribution in [0.15, 0.2) is 51.6 Å². The molecule has 1 amide bonds. The Morgan fingerprint density at radius 3 is 2.91 bits per heavy atom. The van der Waals surface area contributed by atoms with E-state index in [0.29, 0.717) is 4.91 Å². The van der Waals surface area contributed by atoms with Gasteiger partial charge in [0.15, 0.2) is 0 Å². The average Bonchev–Trinajstić information content (AvgIpc) is 2.93. The standard InChI is InChI=1S/C16H11NO3S2/c18-15(19)6-5-10-7-11(21-9-10)8-14-16(20)17-12-3-1-2-4-13(12)22-14/h1-9H,(H,17,20)(H,18,19)/b6-5+,14-8?. The molecule has 2 aromatic rings. The summed E-state index contributed by atoms with van der Waals surface area (Å²) < 4.78 is 0. The summed E-state index contributed by atoms with van der Waals surface area (Å²) in [5, 5.41) is 13.3. The number of hydrogen-bond acceptors (Lipinski definition) is 4. The Labute approximate surface area is 135 Å². The number of carboxylic acids is 1. The van der Waals surface area contributed by atoms with Crippen molar-refractivity contribution in [2.45, 2.75) is 4.90 Å². The van der Waals surface area contributed by atoms with Gasteiger partial charge in [-0.2, -0.15) is 0 Å². The smallest absolute Gasteiger partial charge is 0.328 e. The van der Waals surface area contributed by atoms with Crippen molar-refractivity contribution in [1.82, 2.24) is 0 Å². The molecule has 0 saturated carbocycles. The molecule has 0 fully saturated rings. The topological polar surface area (TPSA) is 66.4 Å². The molecule has 1 aromatic carbocycles. The van der Waals surface area contributed by atoms with Crippen LogP contribution in [0, 0.1) is 0 Å². The van der Waals surface area contributed by atoms with Crippen LogP contribution in [-0.2, 0) is 9.59 Å². The number of thioether (sulfide) groups is 1. The fourth-order valence-electron chi connectivity index (χ4n) is 1.93. The molecule has 1 aliphatic rings. The van der Waals surface area contributed by atoms with Crippen LogP contribution in [0.25, 0.3) is 12.2 Å². The molecular weight excluding hydrogens is 318 g/mol. The molecular formula is C16H11NO3S2. The molecule has 1 aromatic heterocycles. The Morgan fingerprint density at radius 1 is 1.27 bits per heavy atom. The minimum Gasteiger partial charge on any atom is -0.478 e. The average molecular weight is 329 g/mol. The van der Waals surface area contributed by atoms with Crippen molar-refractivity contribution in [1.29, 1.82) is 0 Å². The summed E-state index contributed by atoms with van der Waals surface area (Å²) in [5.41, 5.74) is 1.63. The summed E-state index contributed by atoms with van der Waals surface area (Å²) in [4.78, 5) is 25.1. The fourth-order valence-corrected chi connectivity index (χ4v) is 3.76. The SMILES string of the molecule is O=C(O)/C=C/c1csc(C=C2Sc3ccccc3NC2=O)c1. The Bertz CT molecular complexity index is 805. The monoisotopic (exact) mass is 329 g/mol. The molecule has 0 radical (unpaired) electrons. The third-order valence-electron chi connectivity index (χ3n) is 2.91. The van der Waals surface area contributed by atoms with E-state index in [9.17, 15) is 9.59 Å². The minimum absolute atomic E-state index is 0.125. The van der Waals surface area contributed by atoms with Gasteiger partial charge in [-0.3, -0.25) is 4.79 Å². The maximum absolute atomic E-state index is 12.1. The number of aliphatic carboxylic acids is 1. The zero-order valence-corrected chi connectivity index (χ0v) is 12.9. The van der Waals surface area contributed by atoms with Gasteiger partial charge < -0.3 is 10.4 Å². The summed E-state index contributed by atoms with van der Waals surface area (Å²) in [7, 11) is 0. The maximum atomic E-state index is 12.1. The van der Waals surface area contributed by atoms with E-state index < -0.39 is 5.97 Å². The highest BCUT2D eigenvalue weighted by Crippen LogP contribution is 2.39. The van der Waals surface area contributed by atoms with Crippen molar-refractivity contribution in [2.75, 3.05) is 5.32 Å². The number of para-hydroxylation sites is 1. The van der Waals surface area contributed by atoms with Gasteiger partial charge in [0.1, 0.15) is 0 Å². The molecule has 1 aliphatic heterocycles. The van der Waals surface area contributed by atoms with Gasteiger partial charge in [0.25, 0.3) is 5.91 Å². The summed E-state index contributed by atoms with van der Waals surface area (Å²) in [6.45, 7) is 0. The van der Waals surface area contributed by atoms with Crippen molar-refractivity contribution in [3.8, 4) is 0 Å². The third kappa shape index (κ3) is 3.29. The normalized spacial score (nSPS) is 15.8. The van der Waals surface area contributed by atoms with E-state index >= 15 is 0 Å². The zero-order valence-electron chi connectivity index (χ0n) is 11.3. The number of thiophene rings is 1. The summed E-state index contributed by atoms with van der Waals surface area (Å²) in [5.74, 6) is -1.11. The number of hydrogen-bond donors (Lipinski definition) is 2. The Kier molecular flexibility index (Phi) is 4.13. The molecule has 110 valence electrons. The van der Waals surface area contributed by atoms with Gasteiger partial charge in [-0.25, -0.2) is 4.79 Å². The lowest BCUT2D eigenvalue weighted by atomic mass is 10.2. The number of carboxylic acid groups (broad SMARTS) is 1. The van der Waals surface area contributed by atoms with E-state index in [2.05, 4.69) is 5.32 Å². The van der Waals surface area contributed by atoms with E-state index in [1.165, 1.54) is 29.2 Å². The minimum atomic E-state index is -0.982. The van der Waals surface area contributed by atoms with Crippen molar-refractivity contribution < 1.29 is 14.7 Å². The Hall–Kier alpha value is -2.31. The molecule has 0 bridgehead atoms. The zero-order chi connectivity index (χ0) is 15.5. The van der Waals surface area contributed by atoms with Crippen LogP contribution in [0.3, 0.4) is 0 Å². The van der Waals surface area contributed by atoms with Gasteiger partial charge in [0, 0.05) is 15.8 Å². The molecule has 3 rings (SSSR count). The summed E-state index contributed by atoms with van der Waals surface area (Å²) in [6, 6.07) is 9.50. The van der Waals surface area contributed by atoms with Crippen LogP contribution >= 0.6 is 23.1 Å². The Morgan fingerprint density at radius 2 is 2.09 bits per heavy atom. The van der Waals surface area contributed by atoms with Gasteiger partial charge in [0.05, 0.1) is 10.6 Å². The van der Waals surface area contributed by atoms with Crippen LogP contribution in [0.2, 0.25) is 0 Å². The maximum Gasteiger partial charge on any atom is 0.328 e. The molecule has 22 heavy (non-hydrogen) atoms. The van der Waals surface area contributed by atoms with Gasteiger partial charge in [-0.05, 0) is 41.3 Å². The predicted octanol–water partition coefficient (Wildman–Crippen LogP) is 3.93. The molecule has 6 heteroatoms. The van der Waals surface area contributed by atoms with E-state index in [1.54, 1.807) is 0 Å². The number of carbonyl (C=O) groups excluding carboxylic acids is 1. The van der Waals surface area contributed by atoms with Crippen LogP contribution in [0.5, 0.6) is 0 Å². The quantitative estimate of drug-likeness (QED) is 0.837.